The summed E-state index contributed by atoms with van der Waals surface area (Å²) in [5.41, 5.74) is -1.52. The summed E-state index contributed by atoms with van der Waals surface area (Å²) in [7, 11) is 0. The normalized spacial score (nSPS) is 25.5. The topological polar surface area (TPSA) is 142 Å². The van der Waals surface area contributed by atoms with E-state index >= 15 is 0 Å². The number of carboxylic acids is 1. The van der Waals surface area contributed by atoms with Gasteiger partial charge in [0, 0.05) is 18.7 Å². The van der Waals surface area contributed by atoms with Crippen LogP contribution in [0.4, 0.5) is 0 Å². The average Bonchev–Trinajstić information content (AvgIpc) is 2.78. The van der Waals surface area contributed by atoms with Crippen molar-refractivity contribution in [2.45, 2.75) is 24.9 Å². The lowest BCUT2D eigenvalue weighted by molar-refractivity contribution is -0.131. The van der Waals surface area contributed by atoms with Crippen molar-refractivity contribution in [3.8, 4) is 0 Å². The number of H-pyrrole nitrogens is 1. The predicted octanol–water partition coefficient (Wildman–Crippen LogP) is -1.72. The van der Waals surface area contributed by atoms with Crippen LogP contribution in [0, 0.1) is 0 Å². The minimum absolute atomic E-state index is 0.0393. The van der Waals surface area contributed by atoms with Crippen LogP contribution in [-0.4, -0.2) is 49.7 Å². The fourth-order valence-electron chi connectivity index (χ4n) is 2.04. The summed E-state index contributed by atoms with van der Waals surface area (Å²) in [5.74, 6) is -1.24. The molecule has 1 aromatic heterocycles. The molecule has 0 saturated carbocycles. The van der Waals surface area contributed by atoms with Gasteiger partial charge in [0.1, 0.15) is 12.3 Å². The number of aromatic nitrogens is 2. The zero-order valence-corrected chi connectivity index (χ0v) is 10.8. The molecular weight excluding hydrogens is 284 g/mol. The molecule has 1 aliphatic heterocycles. The number of hydrogen-bond acceptors (Lipinski definition) is 6. The Balaban J connectivity index is 2.37. The summed E-state index contributed by atoms with van der Waals surface area (Å²) in [4.78, 5) is 35.8. The average molecular weight is 298 g/mol. The summed E-state index contributed by atoms with van der Waals surface area (Å²) in [6, 6.07) is 0. The Labute approximate surface area is 117 Å². The number of carbonyl (C=O) groups is 1. The van der Waals surface area contributed by atoms with Crippen molar-refractivity contribution in [3.63, 3.8) is 0 Å². The van der Waals surface area contributed by atoms with Crippen LogP contribution in [0.1, 0.15) is 18.2 Å². The smallest absolute Gasteiger partial charge is 0.330 e. The van der Waals surface area contributed by atoms with Gasteiger partial charge in [-0.15, -0.1) is 0 Å². The highest BCUT2D eigenvalue weighted by molar-refractivity contribution is 5.85. The molecule has 1 unspecified atom stereocenters. The summed E-state index contributed by atoms with van der Waals surface area (Å²) in [5, 5.41) is 27.2. The highest BCUT2D eigenvalue weighted by atomic mass is 16.5. The minimum Gasteiger partial charge on any atom is -0.478 e. The van der Waals surface area contributed by atoms with Crippen LogP contribution in [0.2, 0.25) is 0 Å². The third-order valence-corrected chi connectivity index (χ3v) is 3.10. The number of nitrogens with one attached hydrogen (secondary N) is 1. The van der Waals surface area contributed by atoms with Gasteiger partial charge >= 0.3 is 11.7 Å². The highest BCUT2D eigenvalue weighted by Gasteiger charge is 2.35. The van der Waals surface area contributed by atoms with Gasteiger partial charge < -0.3 is 20.1 Å². The van der Waals surface area contributed by atoms with E-state index in [2.05, 4.69) is 0 Å². The molecule has 2 rings (SSSR count). The number of aliphatic carboxylic acids is 1. The second-order valence-corrected chi connectivity index (χ2v) is 4.54. The van der Waals surface area contributed by atoms with Crippen LogP contribution < -0.4 is 11.2 Å². The Bertz CT molecular complexity index is 675. The number of ether oxygens (including phenoxy) is 1. The van der Waals surface area contributed by atoms with Gasteiger partial charge in [0.05, 0.1) is 18.3 Å². The molecule has 1 fully saturated rings. The van der Waals surface area contributed by atoms with E-state index in [0.29, 0.717) is 0 Å². The standard InChI is InChI=1S/C12H14N2O7/c15-5-8-7(16)3-9(21-8)14-4-6(1-2-10(17)18)11(19)13-12(14)20/h1-2,4,7-9,15-16H,3,5H2,(H,17,18)(H,13,19,20)/b2-1+/t7-,8?,9-/m1/s1. The van der Waals surface area contributed by atoms with E-state index in [1.807, 2.05) is 4.98 Å². The van der Waals surface area contributed by atoms with Crippen LogP contribution in [-0.2, 0) is 9.53 Å². The molecule has 0 amide bonds. The number of nitrogens with zero attached hydrogens (tertiary/aromatic N) is 1. The molecule has 0 radical (unpaired) electrons. The maximum atomic E-state index is 11.8. The molecule has 21 heavy (non-hydrogen) atoms. The molecule has 3 atom stereocenters. The number of aliphatic hydroxyl groups excluding tert-OH is 2. The lowest BCUT2D eigenvalue weighted by Crippen LogP contribution is -2.33. The Morgan fingerprint density at radius 2 is 2.24 bits per heavy atom. The van der Waals surface area contributed by atoms with Gasteiger partial charge in [0.2, 0.25) is 0 Å². The summed E-state index contributed by atoms with van der Waals surface area (Å²) in [6.07, 6.45) is 0.436. The lowest BCUT2D eigenvalue weighted by Gasteiger charge is -2.14. The molecule has 0 bridgehead atoms. The van der Waals surface area contributed by atoms with Crippen LogP contribution >= 0.6 is 0 Å². The fraction of sp³-hybridized carbons (Fsp3) is 0.417. The van der Waals surface area contributed by atoms with Crippen LogP contribution in [0.15, 0.2) is 21.9 Å². The lowest BCUT2D eigenvalue weighted by atomic mass is 10.2. The van der Waals surface area contributed by atoms with Crippen molar-refractivity contribution in [1.29, 1.82) is 0 Å². The predicted molar refractivity (Wildman–Crippen MR) is 69.6 cm³/mol. The minimum atomic E-state index is -1.24. The van der Waals surface area contributed by atoms with E-state index in [-0.39, 0.29) is 12.0 Å². The SMILES string of the molecule is O=C(O)/C=C/c1cn([C@H]2C[C@@H](O)C(CO)O2)c(=O)[nH]c1=O. The molecule has 4 N–H and O–H groups in total. The molecule has 1 aliphatic rings. The molecule has 1 saturated heterocycles. The number of rotatable bonds is 4. The summed E-state index contributed by atoms with van der Waals surface area (Å²) in [6.45, 7) is -0.401. The van der Waals surface area contributed by atoms with E-state index in [4.69, 9.17) is 14.9 Å². The van der Waals surface area contributed by atoms with Crippen molar-refractivity contribution >= 4 is 12.0 Å². The second kappa shape index (κ2) is 6.04. The van der Waals surface area contributed by atoms with E-state index in [1.165, 1.54) is 0 Å². The first-order valence-corrected chi connectivity index (χ1v) is 6.13. The largest absolute Gasteiger partial charge is 0.478 e. The van der Waals surface area contributed by atoms with E-state index < -0.39 is 42.3 Å². The zero-order chi connectivity index (χ0) is 15.6. The molecule has 1 aromatic rings. The third-order valence-electron chi connectivity index (χ3n) is 3.10. The first-order chi connectivity index (χ1) is 9.92. The number of carboxylic acid groups (broad SMARTS) is 1. The maximum absolute atomic E-state index is 11.8. The molecular formula is C12H14N2O7. The van der Waals surface area contributed by atoms with Gasteiger partial charge in [-0.25, -0.2) is 9.59 Å². The van der Waals surface area contributed by atoms with Crippen molar-refractivity contribution in [2.75, 3.05) is 6.61 Å². The van der Waals surface area contributed by atoms with Crippen LogP contribution in [0.3, 0.4) is 0 Å². The quantitative estimate of drug-likeness (QED) is 0.484. The molecule has 0 aliphatic carbocycles. The van der Waals surface area contributed by atoms with Gasteiger partial charge in [-0.05, 0) is 6.08 Å². The summed E-state index contributed by atoms with van der Waals surface area (Å²) < 4.78 is 6.35. The van der Waals surface area contributed by atoms with Crippen molar-refractivity contribution in [1.82, 2.24) is 9.55 Å². The van der Waals surface area contributed by atoms with Gasteiger partial charge in [0.25, 0.3) is 5.56 Å². The Morgan fingerprint density at radius 1 is 1.52 bits per heavy atom. The van der Waals surface area contributed by atoms with Crippen LogP contribution in [0.25, 0.3) is 6.08 Å². The molecule has 9 heteroatoms. The zero-order valence-electron chi connectivity index (χ0n) is 10.8. The molecule has 0 aromatic carbocycles. The fourth-order valence-corrected chi connectivity index (χ4v) is 2.04. The molecule has 9 nitrogen and oxygen atoms in total. The van der Waals surface area contributed by atoms with E-state index in [9.17, 15) is 19.5 Å². The molecule has 114 valence electrons. The van der Waals surface area contributed by atoms with Crippen molar-refractivity contribution in [2.24, 2.45) is 0 Å². The maximum Gasteiger partial charge on any atom is 0.330 e. The van der Waals surface area contributed by atoms with Crippen molar-refractivity contribution in [3.05, 3.63) is 38.7 Å². The molecule has 0 spiro atoms. The first-order valence-electron chi connectivity index (χ1n) is 6.13. The number of aliphatic hydroxyl groups is 2. The van der Waals surface area contributed by atoms with Gasteiger partial charge in [0.15, 0.2) is 0 Å². The van der Waals surface area contributed by atoms with Crippen LogP contribution in [0.5, 0.6) is 0 Å². The third kappa shape index (κ3) is 3.27. The van der Waals surface area contributed by atoms with Crippen molar-refractivity contribution < 1.29 is 24.9 Å². The number of hydrogen-bond donors (Lipinski definition) is 4. The Morgan fingerprint density at radius 3 is 2.81 bits per heavy atom. The summed E-state index contributed by atoms with van der Waals surface area (Å²) >= 11 is 0. The van der Waals surface area contributed by atoms with E-state index in [1.54, 1.807) is 0 Å². The van der Waals surface area contributed by atoms with Gasteiger partial charge in [-0.2, -0.15) is 0 Å². The Hall–Kier alpha value is -2.23. The monoisotopic (exact) mass is 298 g/mol. The first kappa shape index (κ1) is 15.2. The van der Waals surface area contributed by atoms with E-state index in [0.717, 1.165) is 22.9 Å². The highest BCUT2D eigenvalue weighted by Crippen LogP contribution is 2.27. The Kier molecular flexibility index (Phi) is 4.36. The van der Waals surface area contributed by atoms with Gasteiger partial charge in [-0.3, -0.25) is 14.3 Å². The second-order valence-electron chi connectivity index (χ2n) is 4.54. The van der Waals surface area contributed by atoms with Gasteiger partial charge in [-0.1, -0.05) is 0 Å². The number of aromatic amines is 1. The molecule has 2 heterocycles.